The summed E-state index contributed by atoms with van der Waals surface area (Å²) in [4.78, 5) is 14.8. The van der Waals surface area contributed by atoms with Gasteiger partial charge in [-0.15, -0.1) is 12.4 Å². The maximum absolute atomic E-state index is 12.7. The minimum Gasteiger partial charge on any atom is -0.338 e. The largest absolute Gasteiger partial charge is 0.338 e. The highest BCUT2D eigenvalue weighted by Gasteiger charge is 2.36. The number of nitrogens with zero attached hydrogens (tertiary/aromatic N) is 1. The first-order valence-corrected chi connectivity index (χ1v) is 9.02. The number of fused-ring (bicyclic) bond motifs is 1. The molecule has 0 aromatic heterocycles. The summed E-state index contributed by atoms with van der Waals surface area (Å²) in [5.41, 5.74) is 7.27. The van der Waals surface area contributed by atoms with Crippen LogP contribution in [-0.2, 0) is 4.79 Å². The van der Waals surface area contributed by atoms with Crippen LogP contribution in [0.25, 0.3) is 0 Å². The number of thioether (sulfide) groups is 1. The lowest BCUT2D eigenvalue weighted by Gasteiger charge is -2.44. The van der Waals surface area contributed by atoms with E-state index in [4.69, 9.17) is 5.73 Å². The summed E-state index contributed by atoms with van der Waals surface area (Å²) in [5.74, 6) is 1.32. The molecule has 122 valence electrons. The molecule has 3 rings (SSSR count). The van der Waals surface area contributed by atoms with E-state index >= 15 is 0 Å². The van der Waals surface area contributed by atoms with Crippen molar-refractivity contribution in [1.82, 2.24) is 4.90 Å². The fourth-order valence-electron chi connectivity index (χ4n) is 3.53. The third kappa shape index (κ3) is 3.98. The Morgan fingerprint density at radius 1 is 1.27 bits per heavy atom. The Bertz CT molecular complexity index is 483. The fourth-order valence-corrected chi connectivity index (χ4v) is 4.97. The third-order valence-electron chi connectivity index (χ3n) is 4.67. The van der Waals surface area contributed by atoms with Gasteiger partial charge in [0.25, 0.3) is 0 Å². The van der Waals surface area contributed by atoms with Crippen molar-refractivity contribution in [3.05, 3.63) is 35.9 Å². The summed E-state index contributed by atoms with van der Waals surface area (Å²) in [7, 11) is 0. The van der Waals surface area contributed by atoms with Gasteiger partial charge in [0, 0.05) is 36.1 Å². The fraction of sp³-hybridized carbons (Fsp3) is 0.588. The number of halogens is 1. The van der Waals surface area contributed by atoms with E-state index in [1.54, 1.807) is 0 Å². The van der Waals surface area contributed by atoms with Crippen LogP contribution in [0, 0.1) is 0 Å². The highest BCUT2D eigenvalue weighted by molar-refractivity contribution is 8.00. The molecule has 1 aliphatic carbocycles. The van der Waals surface area contributed by atoms with E-state index in [-0.39, 0.29) is 24.4 Å². The van der Waals surface area contributed by atoms with Crippen molar-refractivity contribution in [2.75, 3.05) is 12.3 Å². The zero-order chi connectivity index (χ0) is 14.7. The van der Waals surface area contributed by atoms with Crippen LogP contribution < -0.4 is 5.73 Å². The molecule has 1 aliphatic heterocycles. The van der Waals surface area contributed by atoms with Gasteiger partial charge in [0.05, 0.1) is 0 Å². The molecule has 2 aliphatic rings. The van der Waals surface area contributed by atoms with E-state index in [2.05, 4.69) is 16.7 Å². The third-order valence-corrected chi connectivity index (χ3v) is 6.07. The normalized spacial score (nSPS) is 25.8. The standard InChI is InChI=1S/C17H24N2OS.ClH/c18-14(13-6-2-1-3-7-13)12-17(20)19-10-11-21-16-9-5-4-8-15(16)19;/h1-3,6-7,14-16H,4-5,8-12,18H2;1H. The van der Waals surface area contributed by atoms with Crippen molar-refractivity contribution < 1.29 is 4.79 Å². The maximum atomic E-state index is 12.7. The maximum Gasteiger partial charge on any atom is 0.224 e. The first-order chi connectivity index (χ1) is 10.3. The van der Waals surface area contributed by atoms with Crippen LogP contribution in [0.4, 0.5) is 0 Å². The van der Waals surface area contributed by atoms with Crippen LogP contribution in [0.5, 0.6) is 0 Å². The topological polar surface area (TPSA) is 46.3 Å². The van der Waals surface area contributed by atoms with E-state index in [9.17, 15) is 4.79 Å². The molecule has 1 saturated carbocycles. The molecule has 22 heavy (non-hydrogen) atoms. The Morgan fingerprint density at radius 3 is 2.77 bits per heavy atom. The summed E-state index contributed by atoms with van der Waals surface area (Å²) >= 11 is 2.06. The van der Waals surface area contributed by atoms with Crippen LogP contribution in [0.3, 0.4) is 0 Å². The van der Waals surface area contributed by atoms with E-state index in [1.807, 2.05) is 30.3 Å². The number of carbonyl (C=O) groups is 1. The molecule has 1 heterocycles. The van der Waals surface area contributed by atoms with E-state index in [1.165, 1.54) is 25.7 Å². The van der Waals surface area contributed by atoms with Gasteiger partial charge in [-0.3, -0.25) is 4.79 Å². The minimum atomic E-state index is -0.185. The average molecular weight is 341 g/mol. The molecule has 0 spiro atoms. The first-order valence-electron chi connectivity index (χ1n) is 7.97. The van der Waals surface area contributed by atoms with E-state index in [0.717, 1.165) is 17.9 Å². The predicted molar refractivity (Wildman–Crippen MR) is 95.5 cm³/mol. The highest BCUT2D eigenvalue weighted by Crippen LogP contribution is 2.36. The van der Waals surface area contributed by atoms with Gasteiger partial charge in [0.2, 0.25) is 5.91 Å². The number of benzene rings is 1. The molecule has 1 aromatic rings. The molecule has 1 amide bonds. The van der Waals surface area contributed by atoms with Crippen LogP contribution in [0.1, 0.15) is 43.7 Å². The minimum absolute atomic E-state index is 0. The summed E-state index contributed by atoms with van der Waals surface area (Å²) in [5, 5.41) is 0.657. The zero-order valence-corrected chi connectivity index (χ0v) is 14.5. The number of hydrogen-bond donors (Lipinski definition) is 1. The van der Waals surface area contributed by atoms with Crippen molar-refractivity contribution in [2.45, 2.75) is 49.4 Å². The van der Waals surface area contributed by atoms with Gasteiger partial charge >= 0.3 is 0 Å². The zero-order valence-electron chi connectivity index (χ0n) is 12.8. The number of hydrogen-bond acceptors (Lipinski definition) is 3. The van der Waals surface area contributed by atoms with Crippen LogP contribution in [0.15, 0.2) is 30.3 Å². The van der Waals surface area contributed by atoms with Gasteiger partial charge < -0.3 is 10.6 Å². The quantitative estimate of drug-likeness (QED) is 0.917. The Morgan fingerprint density at radius 2 is 2.00 bits per heavy atom. The lowest BCUT2D eigenvalue weighted by molar-refractivity contribution is -0.134. The first kappa shape index (κ1) is 17.6. The van der Waals surface area contributed by atoms with Crippen molar-refractivity contribution in [2.24, 2.45) is 5.73 Å². The van der Waals surface area contributed by atoms with Gasteiger partial charge in [-0.1, -0.05) is 43.2 Å². The summed E-state index contributed by atoms with van der Waals surface area (Å²) < 4.78 is 0. The molecule has 0 radical (unpaired) electrons. The number of nitrogens with two attached hydrogens (primary N) is 1. The monoisotopic (exact) mass is 340 g/mol. The second-order valence-electron chi connectivity index (χ2n) is 6.07. The lowest BCUT2D eigenvalue weighted by atomic mass is 9.92. The molecule has 3 atom stereocenters. The van der Waals surface area contributed by atoms with Crippen LogP contribution in [0.2, 0.25) is 0 Å². The molecular formula is C17H25ClN2OS. The summed E-state index contributed by atoms with van der Waals surface area (Å²) in [6, 6.07) is 10.2. The Balaban J connectivity index is 0.00000176. The second-order valence-corrected chi connectivity index (χ2v) is 7.42. The predicted octanol–water partition coefficient (Wildman–Crippen LogP) is 3.38. The smallest absolute Gasteiger partial charge is 0.224 e. The Hall–Kier alpha value is -0.710. The lowest BCUT2D eigenvalue weighted by Crippen LogP contribution is -2.52. The average Bonchev–Trinajstić information content (AvgIpc) is 2.55. The van der Waals surface area contributed by atoms with Crippen molar-refractivity contribution in [3.8, 4) is 0 Å². The molecule has 1 aromatic carbocycles. The number of amides is 1. The number of carbonyl (C=O) groups excluding carboxylic acids is 1. The number of rotatable bonds is 3. The van der Waals surface area contributed by atoms with Crippen LogP contribution in [-0.4, -0.2) is 34.4 Å². The van der Waals surface area contributed by atoms with E-state index in [0.29, 0.717) is 17.7 Å². The Labute approximate surface area is 143 Å². The molecule has 1 saturated heterocycles. The van der Waals surface area contributed by atoms with Crippen molar-refractivity contribution in [3.63, 3.8) is 0 Å². The van der Waals surface area contributed by atoms with E-state index < -0.39 is 0 Å². The molecule has 3 unspecified atom stereocenters. The van der Waals surface area contributed by atoms with Gasteiger partial charge in [-0.05, 0) is 18.4 Å². The summed E-state index contributed by atoms with van der Waals surface area (Å²) in [6.45, 7) is 0.895. The summed E-state index contributed by atoms with van der Waals surface area (Å²) in [6.07, 6.45) is 5.45. The van der Waals surface area contributed by atoms with Gasteiger partial charge in [0.1, 0.15) is 0 Å². The van der Waals surface area contributed by atoms with Crippen molar-refractivity contribution in [1.29, 1.82) is 0 Å². The second kappa shape index (κ2) is 8.23. The molecule has 5 heteroatoms. The molecular weight excluding hydrogens is 316 g/mol. The SMILES string of the molecule is Cl.NC(CC(=O)N1CCSC2CCCCC21)c1ccccc1. The Kier molecular flexibility index (Phi) is 6.60. The van der Waals surface area contributed by atoms with Gasteiger partial charge in [0.15, 0.2) is 0 Å². The van der Waals surface area contributed by atoms with Gasteiger partial charge in [-0.25, -0.2) is 0 Å². The molecule has 0 bridgehead atoms. The molecule has 2 N–H and O–H groups in total. The van der Waals surface area contributed by atoms with Crippen LogP contribution >= 0.6 is 24.2 Å². The van der Waals surface area contributed by atoms with Gasteiger partial charge in [-0.2, -0.15) is 11.8 Å². The molecule has 2 fully saturated rings. The highest BCUT2D eigenvalue weighted by atomic mass is 35.5. The molecule has 3 nitrogen and oxygen atoms in total. The van der Waals surface area contributed by atoms with Crippen molar-refractivity contribution >= 4 is 30.1 Å².